The van der Waals surface area contributed by atoms with Crippen molar-refractivity contribution in [2.24, 2.45) is 12.1 Å². The number of aromatic amines is 1. The fourth-order valence-electron chi connectivity index (χ4n) is 2.50. The fourth-order valence-corrected chi connectivity index (χ4v) is 2.50. The van der Waals surface area contributed by atoms with Crippen LogP contribution in [0.25, 0.3) is 11.2 Å². The van der Waals surface area contributed by atoms with E-state index < -0.39 is 11.2 Å². The van der Waals surface area contributed by atoms with Crippen LogP contribution >= 0.6 is 0 Å². The zero-order chi connectivity index (χ0) is 18.1. The molecule has 0 aliphatic heterocycles. The summed E-state index contributed by atoms with van der Waals surface area (Å²) < 4.78 is 15.8. The molecule has 0 amide bonds. The average Bonchev–Trinajstić information content (AvgIpc) is 2.95. The topological polar surface area (TPSA) is 97.1 Å². The van der Waals surface area contributed by atoms with Crippen molar-refractivity contribution in [2.45, 2.75) is 19.9 Å². The van der Waals surface area contributed by atoms with E-state index in [0.717, 1.165) is 0 Å². The number of H-pyrrole nitrogens is 1. The molecule has 0 bridgehead atoms. The molecule has 0 saturated heterocycles. The second kappa shape index (κ2) is 6.34. The number of aryl methyl sites for hydroxylation is 1. The van der Waals surface area contributed by atoms with Crippen LogP contribution in [0.2, 0.25) is 0 Å². The lowest BCUT2D eigenvalue weighted by Gasteiger charge is -2.11. The summed E-state index contributed by atoms with van der Waals surface area (Å²) in [6.45, 7) is 3.78. The molecule has 3 aromatic rings. The monoisotopic (exact) mass is 344 g/mol. The predicted molar refractivity (Wildman–Crippen MR) is 93.6 cm³/mol. The van der Waals surface area contributed by atoms with Crippen molar-refractivity contribution >= 4 is 23.3 Å². The minimum atomic E-state index is -0.535. The normalized spacial score (nSPS) is 11.7. The molecule has 2 aromatic heterocycles. The number of rotatable bonds is 4. The number of hydrogen-bond acceptors (Lipinski definition) is 5. The van der Waals surface area contributed by atoms with Crippen LogP contribution < -0.4 is 16.7 Å². The Balaban J connectivity index is 2.04. The molecule has 0 unspecified atom stereocenters. The summed E-state index contributed by atoms with van der Waals surface area (Å²) in [5, 5.41) is 4.08. The van der Waals surface area contributed by atoms with Gasteiger partial charge in [0.15, 0.2) is 11.2 Å². The lowest BCUT2D eigenvalue weighted by Crippen LogP contribution is -2.29. The van der Waals surface area contributed by atoms with E-state index in [1.54, 1.807) is 16.7 Å². The molecular weight excluding hydrogens is 327 g/mol. The number of anilines is 1. The summed E-state index contributed by atoms with van der Waals surface area (Å²) in [6.07, 6.45) is 1.51. The van der Waals surface area contributed by atoms with Crippen molar-refractivity contribution in [3.8, 4) is 0 Å². The molecule has 1 aromatic carbocycles. The molecule has 2 N–H and O–H groups in total. The van der Waals surface area contributed by atoms with Gasteiger partial charge in [0.1, 0.15) is 5.82 Å². The molecular formula is C16H17FN6O2. The predicted octanol–water partition coefficient (Wildman–Crippen LogP) is 1.59. The van der Waals surface area contributed by atoms with Gasteiger partial charge in [-0.3, -0.25) is 14.3 Å². The third-order valence-corrected chi connectivity index (χ3v) is 3.72. The first-order valence-electron chi connectivity index (χ1n) is 7.64. The highest BCUT2D eigenvalue weighted by molar-refractivity contribution is 5.80. The van der Waals surface area contributed by atoms with Crippen molar-refractivity contribution in [1.82, 2.24) is 19.1 Å². The van der Waals surface area contributed by atoms with Crippen molar-refractivity contribution in [3.63, 3.8) is 0 Å². The van der Waals surface area contributed by atoms with Gasteiger partial charge in [0, 0.05) is 13.1 Å². The molecule has 9 heteroatoms. The van der Waals surface area contributed by atoms with Crippen LogP contribution in [0.5, 0.6) is 0 Å². The highest BCUT2D eigenvalue weighted by Crippen LogP contribution is 2.20. The summed E-state index contributed by atoms with van der Waals surface area (Å²) in [5.74, 6) is 0.00177. The Labute approximate surface area is 141 Å². The number of imidazole rings is 1. The maximum absolute atomic E-state index is 12.9. The van der Waals surface area contributed by atoms with Gasteiger partial charge in [-0.05, 0) is 31.5 Å². The zero-order valence-electron chi connectivity index (χ0n) is 13.9. The van der Waals surface area contributed by atoms with E-state index in [4.69, 9.17) is 0 Å². The number of nitrogens with one attached hydrogen (secondary N) is 2. The first-order chi connectivity index (χ1) is 11.9. The number of halogens is 1. The number of hydrogen-bond donors (Lipinski definition) is 2. The van der Waals surface area contributed by atoms with E-state index in [-0.39, 0.29) is 23.0 Å². The van der Waals surface area contributed by atoms with E-state index in [2.05, 4.69) is 20.5 Å². The van der Waals surface area contributed by atoms with Crippen molar-refractivity contribution in [2.75, 3.05) is 5.43 Å². The largest absolute Gasteiger partial charge is 0.329 e. The Morgan fingerprint density at radius 3 is 2.60 bits per heavy atom. The van der Waals surface area contributed by atoms with Crippen LogP contribution in [-0.4, -0.2) is 25.3 Å². The maximum atomic E-state index is 12.9. The molecule has 3 rings (SSSR count). The molecule has 0 aliphatic carbocycles. The summed E-state index contributed by atoms with van der Waals surface area (Å²) in [6, 6.07) is 5.74. The average molecular weight is 344 g/mol. The van der Waals surface area contributed by atoms with Crippen LogP contribution in [-0.2, 0) is 7.05 Å². The Kier molecular flexibility index (Phi) is 4.22. The van der Waals surface area contributed by atoms with E-state index in [0.29, 0.717) is 11.5 Å². The molecule has 0 radical (unpaired) electrons. The number of aromatic nitrogens is 4. The molecule has 0 fully saturated rings. The Hall–Kier alpha value is -3.23. The van der Waals surface area contributed by atoms with Crippen LogP contribution in [0.3, 0.4) is 0 Å². The molecule has 2 heterocycles. The van der Waals surface area contributed by atoms with E-state index >= 15 is 0 Å². The number of fused-ring (bicyclic) bond motifs is 1. The van der Waals surface area contributed by atoms with Crippen LogP contribution in [0.4, 0.5) is 10.3 Å². The van der Waals surface area contributed by atoms with Gasteiger partial charge < -0.3 is 4.57 Å². The molecule has 0 aliphatic rings. The highest BCUT2D eigenvalue weighted by Gasteiger charge is 2.18. The third-order valence-electron chi connectivity index (χ3n) is 3.72. The Morgan fingerprint density at radius 1 is 1.28 bits per heavy atom. The van der Waals surface area contributed by atoms with E-state index in [9.17, 15) is 14.0 Å². The molecule has 0 atom stereocenters. The van der Waals surface area contributed by atoms with Crippen LogP contribution in [0.1, 0.15) is 25.5 Å². The van der Waals surface area contributed by atoms with Gasteiger partial charge >= 0.3 is 5.69 Å². The van der Waals surface area contributed by atoms with Gasteiger partial charge in [0.2, 0.25) is 5.95 Å². The van der Waals surface area contributed by atoms with Crippen LogP contribution in [0, 0.1) is 5.82 Å². The summed E-state index contributed by atoms with van der Waals surface area (Å²) in [7, 11) is 1.53. The van der Waals surface area contributed by atoms with Gasteiger partial charge in [-0.2, -0.15) is 10.1 Å². The van der Waals surface area contributed by atoms with Gasteiger partial charge in [-0.15, -0.1) is 0 Å². The summed E-state index contributed by atoms with van der Waals surface area (Å²) in [4.78, 5) is 30.5. The smallest absolute Gasteiger partial charge is 0.300 e. The van der Waals surface area contributed by atoms with Crippen LogP contribution in [0.15, 0.2) is 39.0 Å². The lowest BCUT2D eigenvalue weighted by atomic mass is 10.2. The molecule has 8 nitrogen and oxygen atoms in total. The van der Waals surface area contributed by atoms with Gasteiger partial charge in [0.05, 0.1) is 6.21 Å². The second-order valence-corrected chi connectivity index (χ2v) is 5.81. The van der Waals surface area contributed by atoms with Gasteiger partial charge in [-0.25, -0.2) is 14.6 Å². The molecule has 0 saturated carbocycles. The van der Waals surface area contributed by atoms with E-state index in [1.165, 1.54) is 30.0 Å². The fraction of sp³-hybridized carbons (Fsp3) is 0.250. The third kappa shape index (κ3) is 3.08. The van der Waals surface area contributed by atoms with E-state index in [1.807, 2.05) is 13.8 Å². The standard InChI is InChI=1S/C16H17FN6O2/c1-9(2)23-12-13(22(3)16(25)20-14(12)24)19-15(23)21-18-8-10-4-6-11(17)7-5-10/h4-9H,1-3H3,(H,19,21)(H,20,24,25). The number of nitrogens with zero attached hydrogens (tertiary/aromatic N) is 4. The molecule has 25 heavy (non-hydrogen) atoms. The SMILES string of the molecule is CC(C)n1c(NN=Cc2ccc(F)cc2)nc2c1c(=O)[nH]c(=O)n2C. The van der Waals surface area contributed by atoms with Crippen molar-refractivity contribution < 1.29 is 4.39 Å². The van der Waals surface area contributed by atoms with Crippen molar-refractivity contribution in [1.29, 1.82) is 0 Å². The molecule has 130 valence electrons. The molecule has 0 spiro atoms. The highest BCUT2D eigenvalue weighted by atomic mass is 19.1. The minimum Gasteiger partial charge on any atom is -0.300 e. The number of benzene rings is 1. The summed E-state index contributed by atoms with van der Waals surface area (Å²) >= 11 is 0. The Morgan fingerprint density at radius 2 is 1.96 bits per heavy atom. The lowest BCUT2D eigenvalue weighted by molar-refractivity contribution is 0.620. The maximum Gasteiger partial charge on any atom is 0.329 e. The van der Waals surface area contributed by atoms with Gasteiger partial charge in [-0.1, -0.05) is 12.1 Å². The second-order valence-electron chi connectivity index (χ2n) is 5.81. The Bertz CT molecular complexity index is 1060. The number of hydrazone groups is 1. The van der Waals surface area contributed by atoms with Gasteiger partial charge in [0.25, 0.3) is 5.56 Å². The zero-order valence-corrected chi connectivity index (χ0v) is 13.9. The first-order valence-corrected chi connectivity index (χ1v) is 7.64. The first kappa shape index (κ1) is 16.6. The van der Waals surface area contributed by atoms with Crippen molar-refractivity contribution in [3.05, 3.63) is 56.5 Å². The summed E-state index contributed by atoms with van der Waals surface area (Å²) in [5.41, 5.74) is 3.00. The minimum absolute atomic E-state index is 0.0906. The quantitative estimate of drug-likeness (QED) is 0.555.